The third kappa shape index (κ3) is 2.94. The van der Waals surface area contributed by atoms with Crippen LogP contribution in [0.2, 0.25) is 0 Å². The van der Waals surface area contributed by atoms with Gasteiger partial charge in [0.15, 0.2) is 10.8 Å². The van der Waals surface area contributed by atoms with Gasteiger partial charge in [-0.05, 0) is 63.4 Å². The van der Waals surface area contributed by atoms with Gasteiger partial charge in [-0.3, -0.25) is 9.69 Å². The van der Waals surface area contributed by atoms with Crippen LogP contribution in [0.1, 0.15) is 50.3 Å². The molecular weight excluding hydrogens is 401 g/mol. The molecule has 0 aromatic carbocycles. The molecule has 1 amide bonds. The molecule has 1 aromatic heterocycles. The van der Waals surface area contributed by atoms with Crippen molar-refractivity contribution < 1.29 is 18.0 Å². The van der Waals surface area contributed by atoms with E-state index in [4.69, 9.17) is 17.5 Å². The van der Waals surface area contributed by atoms with Crippen LogP contribution in [0.25, 0.3) is 0 Å². The van der Waals surface area contributed by atoms with Crippen molar-refractivity contribution >= 4 is 28.9 Å². The summed E-state index contributed by atoms with van der Waals surface area (Å²) in [4.78, 5) is 19.9. The topological polar surface area (TPSA) is 60.2 Å². The average Bonchev–Trinajstić information content (AvgIpc) is 2.88. The summed E-state index contributed by atoms with van der Waals surface area (Å²) in [6.45, 7) is 2.02. The lowest BCUT2D eigenvalue weighted by molar-refractivity contribution is -0.138. The lowest BCUT2D eigenvalue weighted by atomic mass is 9.75. The number of hydrogen-bond acceptors (Lipinski definition) is 4. The number of halogens is 3. The first-order chi connectivity index (χ1) is 13.7. The maximum absolute atomic E-state index is 13.4. The van der Waals surface area contributed by atoms with Gasteiger partial charge in [0.05, 0.1) is 17.4 Å². The van der Waals surface area contributed by atoms with Crippen LogP contribution in [0.4, 0.5) is 18.9 Å². The minimum atomic E-state index is -4.76. The van der Waals surface area contributed by atoms with Gasteiger partial charge in [0, 0.05) is 5.70 Å². The minimum Gasteiger partial charge on any atom is -0.307 e. The molecule has 1 aromatic rings. The Morgan fingerprint density at radius 2 is 2.00 bits per heavy atom. The van der Waals surface area contributed by atoms with Gasteiger partial charge in [0.2, 0.25) is 0 Å². The highest BCUT2D eigenvalue weighted by Crippen LogP contribution is 2.49. The van der Waals surface area contributed by atoms with Crippen LogP contribution < -0.4 is 4.90 Å². The Labute approximate surface area is 171 Å². The normalized spacial score (nSPS) is 21.1. The second kappa shape index (κ2) is 6.66. The van der Waals surface area contributed by atoms with E-state index in [-0.39, 0.29) is 16.7 Å². The number of rotatable bonds is 2. The summed E-state index contributed by atoms with van der Waals surface area (Å²) in [6.07, 6.45) is 3.84. The van der Waals surface area contributed by atoms with E-state index in [2.05, 4.69) is 4.98 Å². The van der Waals surface area contributed by atoms with Gasteiger partial charge >= 0.3 is 6.18 Å². The Morgan fingerprint density at radius 3 is 2.52 bits per heavy atom. The van der Waals surface area contributed by atoms with Gasteiger partial charge in [-0.15, -0.1) is 0 Å². The number of carbonyl (C=O) groups excluding carboxylic acids is 1. The molecule has 3 aliphatic rings. The van der Waals surface area contributed by atoms with Crippen LogP contribution in [-0.2, 0) is 11.0 Å². The monoisotopic (exact) mass is 418 g/mol. The highest BCUT2D eigenvalue weighted by molar-refractivity contribution is 7.80. The molecule has 9 heteroatoms. The lowest BCUT2D eigenvalue weighted by Gasteiger charge is -2.44. The molecule has 1 spiro atoms. The van der Waals surface area contributed by atoms with E-state index >= 15 is 0 Å². The van der Waals surface area contributed by atoms with E-state index in [1.165, 1.54) is 11.6 Å². The Kier molecular flexibility index (Phi) is 4.50. The SMILES string of the molecule is CC1=CC=C(N2C(=S)N(c3cnc(C#N)c(C(F)(F)F)c3)C(=O)C23CCC3)CC1. The Bertz CT molecular complexity index is 1020. The molecule has 1 saturated carbocycles. The third-order valence-corrected chi connectivity index (χ3v) is 6.12. The zero-order valence-corrected chi connectivity index (χ0v) is 16.4. The second-order valence-corrected chi connectivity index (χ2v) is 7.88. The molecule has 2 fully saturated rings. The largest absolute Gasteiger partial charge is 0.419 e. The molecule has 0 unspecified atom stereocenters. The summed E-state index contributed by atoms with van der Waals surface area (Å²) in [6, 6.07) is 2.23. The molecule has 0 bridgehead atoms. The van der Waals surface area contributed by atoms with Crippen molar-refractivity contribution in [2.45, 2.75) is 50.7 Å². The quantitative estimate of drug-likeness (QED) is 0.664. The summed E-state index contributed by atoms with van der Waals surface area (Å²) in [5.41, 5.74) is -0.698. The van der Waals surface area contributed by atoms with E-state index in [9.17, 15) is 18.0 Å². The van der Waals surface area contributed by atoms with Gasteiger partial charge in [0.25, 0.3) is 5.91 Å². The van der Waals surface area contributed by atoms with Gasteiger partial charge in [0.1, 0.15) is 11.6 Å². The predicted molar refractivity (Wildman–Crippen MR) is 104 cm³/mol. The van der Waals surface area contributed by atoms with Gasteiger partial charge < -0.3 is 4.90 Å². The third-order valence-electron chi connectivity index (χ3n) is 5.76. The molecule has 1 saturated heterocycles. The Hall–Kier alpha value is -2.73. The fourth-order valence-corrected chi connectivity index (χ4v) is 4.53. The van der Waals surface area contributed by atoms with Crippen molar-refractivity contribution in [1.82, 2.24) is 9.88 Å². The number of hydrogen-bond donors (Lipinski definition) is 0. The number of pyridine rings is 1. The standard InChI is InChI=1S/C20H17F3N4OS/c1-12-3-5-13(6-4-12)27-18(29)26(17(28)19(27)7-2-8-19)14-9-15(20(21,22)23)16(10-24)25-11-14/h3,5,9,11H,2,4,6-8H2,1H3. The summed E-state index contributed by atoms with van der Waals surface area (Å²) >= 11 is 5.57. The number of anilines is 1. The first-order valence-corrected chi connectivity index (χ1v) is 9.62. The molecule has 2 heterocycles. The molecule has 1 aliphatic heterocycles. The molecule has 150 valence electrons. The molecule has 4 rings (SSSR count). The fourth-order valence-electron chi connectivity index (χ4n) is 4.05. The maximum Gasteiger partial charge on any atom is 0.419 e. The van der Waals surface area contributed by atoms with Crippen LogP contribution in [0.3, 0.4) is 0 Å². The van der Waals surface area contributed by atoms with E-state index in [1.54, 1.807) is 0 Å². The highest BCUT2D eigenvalue weighted by Gasteiger charge is 2.60. The predicted octanol–water partition coefficient (Wildman–Crippen LogP) is 4.45. The van der Waals surface area contributed by atoms with Gasteiger partial charge in [-0.2, -0.15) is 18.4 Å². The maximum atomic E-state index is 13.4. The molecular formula is C20H17F3N4OS. The summed E-state index contributed by atoms with van der Waals surface area (Å²) in [5.74, 6) is -0.333. The molecule has 5 nitrogen and oxygen atoms in total. The van der Waals surface area contributed by atoms with Crippen molar-refractivity contribution in [3.8, 4) is 6.07 Å². The first kappa shape index (κ1) is 19.6. The fraction of sp³-hybridized carbons (Fsp3) is 0.400. The van der Waals surface area contributed by atoms with Crippen LogP contribution in [0.5, 0.6) is 0 Å². The second-order valence-electron chi connectivity index (χ2n) is 7.51. The number of carbonyl (C=O) groups is 1. The van der Waals surface area contributed by atoms with Crippen LogP contribution in [0.15, 0.2) is 35.7 Å². The Balaban J connectivity index is 1.79. The van der Waals surface area contributed by atoms with E-state index in [0.717, 1.165) is 35.7 Å². The molecule has 0 atom stereocenters. The van der Waals surface area contributed by atoms with Crippen molar-refractivity contribution in [2.24, 2.45) is 0 Å². The zero-order valence-electron chi connectivity index (χ0n) is 15.6. The van der Waals surface area contributed by atoms with Gasteiger partial charge in [-0.25, -0.2) is 4.98 Å². The number of nitrogens with zero attached hydrogens (tertiary/aromatic N) is 4. The number of thiocarbonyl (C=S) groups is 1. The van der Waals surface area contributed by atoms with Crippen LogP contribution in [0, 0.1) is 11.3 Å². The number of alkyl halides is 3. The lowest BCUT2D eigenvalue weighted by Crippen LogP contribution is -2.54. The van der Waals surface area contributed by atoms with Gasteiger partial charge in [-0.1, -0.05) is 11.6 Å². The molecule has 2 aliphatic carbocycles. The first-order valence-electron chi connectivity index (χ1n) is 9.21. The van der Waals surface area contributed by atoms with Crippen molar-refractivity contribution in [2.75, 3.05) is 4.90 Å². The van der Waals surface area contributed by atoms with E-state index < -0.39 is 23.0 Å². The Morgan fingerprint density at radius 1 is 1.28 bits per heavy atom. The molecule has 0 N–H and O–H groups in total. The van der Waals surface area contributed by atoms with Crippen molar-refractivity contribution in [1.29, 1.82) is 5.26 Å². The zero-order chi connectivity index (χ0) is 21.0. The summed E-state index contributed by atoms with van der Waals surface area (Å²) < 4.78 is 40.1. The minimum absolute atomic E-state index is 0.0665. The highest BCUT2D eigenvalue weighted by atomic mass is 32.1. The smallest absolute Gasteiger partial charge is 0.307 e. The van der Waals surface area contributed by atoms with E-state index in [1.807, 2.05) is 24.0 Å². The number of amides is 1. The molecule has 0 radical (unpaired) electrons. The van der Waals surface area contributed by atoms with E-state index in [0.29, 0.717) is 19.3 Å². The van der Waals surface area contributed by atoms with Crippen LogP contribution in [-0.4, -0.2) is 26.4 Å². The van der Waals surface area contributed by atoms with Crippen molar-refractivity contribution in [3.63, 3.8) is 0 Å². The number of aromatic nitrogens is 1. The van der Waals surface area contributed by atoms with Crippen LogP contribution >= 0.6 is 12.2 Å². The number of allylic oxidation sites excluding steroid dienone is 4. The summed E-state index contributed by atoms with van der Waals surface area (Å²) in [5, 5.41) is 9.13. The average molecular weight is 418 g/mol. The van der Waals surface area contributed by atoms with Crippen molar-refractivity contribution in [3.05, 3.63) is 46.9 Å². The summed E-state index contributed by atoms with van der Waals surface area (Å²) in [7, 11) is 0. The number of nitriles is 1. The molecule has 29 heavy (non-hydrogen) atoms.